The Morgan fingerprint density at radius 2 is 1.89 bits per heavy atom. The summed E-state index contributed by atoms with van der Waals surface area (Å²) in [5.74, 6) is 0.137. The summed E-state index contributed by atoms with van der Waals surface area (Å²) in [6.07, 6.45) is 3.22. The van der Waals surface area contributed by atoms with E-state index in [9.17, 15) is 14.7 Å². The predicted molar refractivity (Wildman–Crippen MR) is 139 cm³/mol. The van der Waals surface area contributed by atoms with Crippen molar-refractivity contribution in [2.75, 3.05) is 13.1 Å². The maximum Gasteiger partial charge on any atom is 0.227 e. The standard InChI is InChI=1S/C29H31N3O4/c1-20-16-25(33)27(35)28(36-20)29(11-14-32(15-12-29)19-21-6-3-2-4-7-21)17-26(34)31-18-22-8-5-9-24-23(22)10-13-30-24/h2-10,13,16,30,35H,11-12,14-15,17-19H2,1H3,(H,31,34). The molecule has 1 fully saturated rings. The third-order valence-corrected chi connectivity index (χ3v) is 7.25. The van der Waals surface area contributed by atoms with Crippen LogP contribution in [0.15, 0.2) is 76.1 Å². The highest BCUT2D eigenvalue weighted by Crippen LogP contribution is 2.42. The number of nitrogens with zero attached hydrogens (tertiary/aromatic N) is 1. The summed E-state index contributed by atoms with van der Waals surface area (Å²) in [4.78, 5) is 31.2. The Labute approximate surface area is 209 Å². The summed E-state index contributed by atoms with van der Waals surface area (Å²) in [7, 11) is 0. The Balaban J connectivity index is 1.36. The van der Waals surface area contributed by atoms with Crippen LogP contribution in [0.4, 0.5) is 0 Å². The number of aryl methyl sites for hydroxylation is 1. The molecular weight excluding hydrogens is 454 g/mol. The Morgan fingerprint density at radius 1 is 1.11 bits per heavy atom. The Morgan fingerprint density at radius 3 is 2.67 bits per heavy atom. The van der Waals surface area contributed by atoms with E-state index in [1.54, 1.807) is 6.92 Å². The van der Waals surface area contributed by atoms with Crippen molar-refractivity contribution in [2.24, 2.45) is 0 Å². The number of carbonyl (C=O) groups excluding carboxylic acids is 1. The number of hydrogen-bond acceptors (Lipinski definition) is 5. The van der Waals surface area contributed by atoms with Gasteiger partial charge in [-0.2, -0.15) is 0 Å². The quantitative estimate of drug-likeness (QED) is 0.361. The first kappa shape index (κ1) is 23.9. The number of hydrogen-bond donors (Lipinski definition) is 3. The number of aromatic nitrogens is 1. The molecule has 4 aromatic rings. The molecule has 36 heavy (non-hydrogen) atoms. The van der Waals surface area contributed by atoms with Crippen LogP contribution < -0.4 is 10.7 Å². The average molecular weight is 486 g/mol. The zero-order valence-corrected chi connectivity index (χ0v) is 20.4. The SMILES string of the molecule is Cc1cc(=O)c(O)c(C2(CC(=O)NCc3cccc4[nH]ccc34)CCN(Cc3ccccc3)CC2)o1. The van der Waals surface area contributed by atoms with Crippen LogP contribution in [-0.2, 0) is 23.3 Å². The second kappa shape index (κ2) is 10.0. The summed E-state index contributed by atoms with van der Waals surface area (Å²) >= 11 is 0. The van der Waals surface area contributed by atoms with Crippen molar-refractivity contribution in [1.29, 1.82) is 0 Å². The van der Waals surface area contributed by atoms with E-state index < -0.39 is 10.8 Å². The smallest absolute Gasteiger partial charge is 0.227 e. The van der Waals surface area contributed by atoms with Crippen LogP contribution in [0.2, 0.25) is 0 Å². The van der Waals surface area contributed by atoms with Crippen molar-refractivity contribution in [3.05, 3.63) is 99.7 Å². The summed E-state index contributed by atoms with van der Waals surface area (Å²) < 4.78 is 5.94. The van der Waals surface area contributed by atoms with Gasteiger partial charge in [0.15, 0.2) is 5.76 Å². The molecule has 0 bridgehead atoms. The zero-order valence-electron chi connectivity index (χ0n) is 20.4. The molecule has 1 amide bonds. The number of aromatic amines is 1. The Bertz CT molecular complexity index is 1420. The number of likely N-dealkylation sites (tertiary alicyclic amines) is 1. The van der Waals surface area contributed by atoms with Crippen molar-refractivity contribution in [3.8, 4) is 5.75 Å². The van der Waals surface area contributed by atoms with Gasteiger partial charge < -0.3 is 19.8 Å². The van der Waals surface area contributed by atoms with Gasteiger partial charge in [-0.05, 0) is 56.1 Å². The first-order valence-electron chi connectivity index (χ1n) is 12.4. The van der Waals surface area contributed by atoms with Gasteiger partial charge >= 0.3 is 0 Å². The minimum atomic E-state index is -0.757. The summed E-state index contributed by atoms with van der Waals surface area (Å²) in [6, 6.07) is 19.5. The monoisotopic (exact) mass is 485 g/mol. The summed E-state index contributed by atoms with van der Waals surface area (Å²) in [5, 5.41) is 14.8. The predicted octanol–water partition coefficient (Wildman–Crippen LogP) is 4.38. The molecule has 0 unspecified atom stereocenters. The van der Waals surface area contributed by atoms with Gasteiger partial charge in [0.1, 0.15) is 5.76 Å². The molecule has 2 aromatic heterocycles. The van der Waals surface area contributed by atoms with E-state index in [1.165, 1.54) is 11.6 Å². The molecule has 5 rings (SSSR count). The Hall–Kier alpha value is -3.84. The van der Waals surface area contributed by atoms with Gasteiger partial charge in [0.25, 0.3) is 0 Å². The van der Waals surface area contributed by atoms with Crippen molar-refractivity contribution >= 4 is 16.8 Å². The number of nitrogens with one attached hydrogen (secondary N) is 2. The molecule has 7 heteroatoms. The van der Waals surface area contributed by atoms with Gasteiger partial charge in [-0.25, -0.2) is 0 Å². The van der Waals surface area contributed by atoms with E-state index in [0.717, 1.165) is 36.1 Å². The topological polar surface area (TPSA) is 98.6 Å². The minimum Gasteiger partial charge on any atom is -0.502 e. The molecule has 1 aliphatic rings. The molecule has 0 radical (unpaired) electrons. The van der Waals surface area contributed by atoms with E-state index in [2.05, 4.69) is 27.3 Å². The lowest BCUT2D eigenvalue weighted by Crippen LogP contribution is -2.45. The molecule has 3 heterocycles. The van der Waals surface area contributed by atoms with Crippen LogP contribution in [0.25, 0.3) is 10.9 Å². The van der Waals surface area contributed by atoms with E-state index in [-0.39, 0.29) is 23.8 Å². The van der Waals surface area contributed by atoms with Crippen LogP contribution in [0, 0.1) is 6.92 Å². The number of benzene rings is 2. The van der Waals surface area contributed by atoms with Gasteiger partial charge in [0.2, 0.25) is 17.1 Å². The molecule has 7 nitrogen and oxygen atoms in total. The van der Waals surface area contributed by atoms with Gasteiger partial charge in [-0.15, -0.1) is 0 Å². The normalized spacial score (nSPS) is 15.7. The number of carbonyl (C=O) groups is 1. The lowest BCUT2D eigenvalue weighted by Gasteiger charge is -2.41. The minimum absolute atomic E-state index is 0.134. The van der Waals surface area contributed by atoms with Gasteiger partial charge in [-0.1, -0.05) is 42.5 Å². The van der Waals surface area contributed by atoms with Gasteiger partial charge in [-0.3, -0.25) is 14.5 Å². The van der Waals surface area contributed by atoms with Crippen LogP contribution in [0.1, 0.15) is 41.9 Å². The fourth-order valence-corrected chi connectivity index (χ4v) is 5.30. The molecule has 1 aliphatic heterocycles. The summed E-state index contributed by atoms with van der Waals surface area (Å²) in [5.41, 5.74) is 2.05. The van der Waals surface area contributed by atoms with E-state index in [1.807, 2.05) is 48.7 Å². The first-order valence-corrected chi connectivity index (χ1v) is 12.4. The number of rotatable bonds is 7. The average Bonchev–Trinajstić information content (AvgIpc) is 3.36. The van der Waals surface area contributed by atoms with Crippen molar-refractivity contribution in [3.63, 3.8) is 0 Å². The van der Waals surface area contributed by atoms with Crippen molar-refractivity contribution < 1.29 is 14.3 Å². The van der Waals surface area contributed by atoms with E-state index >= 15 is 0 Å². The fraction of sp³-hybridized carbons (Fsp3) is 0.310. The second-order valence-electron chi connectivity index (χ2n) is 9.75. The maximum absolute atomic E-state index is 13.3. The molecule has 0 aliphatic carbocycles. The van der Waals surface area contributed by atoms with Crippen molar-refractivity contribution in [2.45, 2.75) is 44.7 Å². The molecule has 0 atom stereocenters. The molecule has 1 saturated heterocycles. The molecule has 2 aromatic carbocycles. The molecule has 0 saturated carbocycles. The van der Waals surface area contributed by atoms with E-state index in [0.29, 0.717) is 25.1 Å². The highest BCUT2D eigenvalue weighted by Gasteiger charge is 2.43. The molecule has 186 valence electrons. The number of H-pyrrole nitrogens is 1. The molecular formula is C29H31N3O4. The van der Waals surface area contributed by atoms with Crippen LogP contribution in [0.3, 0.4) is 0 Å². The third-order valence-electron chi connectivity index (χ3n) is 7.25. The maximum atomic E-state index is 13.3. The van der Waals surface area contributed by atoms with Crippen LogP contribution in [0.5, 0.6) is 5.75 Å². The lowest BCUT2D eigenvalue weighted by atomic mass is 9.72. The fourth-order valence-electron chi connectivity index (χ4n) is 5.30. The van der Waals surface area contributed by atoms with Gasteiger partial charge in [0.05, 0.1) is 0 Å². The van der Waals surface area contributed by atoms with Gasteiger partial charge in [0, 0.05) is 48.1 Å². The highest BCUT2D eigenvalue weighted by atomic mass is 16.4. The second-order valence-corrected chi connectivity index (χ2v) is 9.75. The van der Waals surface area contributed by atoms with E-state index in [4.69, 9.17) is 4.42 Å². The lowest BCUT2D eigenvalue weighted by molar-refractivity contribution is -0.123. The number of amides is 1. The third kappa shape index (κ3) is 4.93. The Kier molecular flexibility index (Phi) is 6.65. The molecule has 3 N–H and O–H groups in total. The highest BCUT2D eigenvalue weighted by molar-refractivity contribution is 5.84. The first-order chi connectivity index (χ1) is 17.4. The number of aromatic hydroxyl groups is 1. The largest absolute Gasteiger partial charge is 0.502 e. The number of fused-ring (bicyclic) bond motifs is 1. The zero-order chi connectivity index (χ0) is 25.1. The van der Waals surface area contributed by atoms with Crippen molar-refractivity contribution in [1.82, 2.24) is 15.2 Å². The van der Waals surface area contributed by atoms with Crippen LogP contribution in [-0.4, -0.2) is 34.0 Å². The van der Waals surface area contributed by atoms with Crippen LogP contribution >= 0.6 is 0 Å². The molecule has 0 spiro atoms. The summed E-state index contributed by atoms with van der Waals surface area (Å²) in [6.45, 7) is 4.35. The number of piperidine rings is 1.